The van der Waals surface area contributed by atoms with E-state index in [1.807, 2.05) is 12.5 Å². The molecule has 1 aromatic heterocycles. The number of aliphatic hydroxyl groups excluding tert-OH is 1. The first-order chi connectivity index (χ1) is 5.80. The summed E-state index contributed by atoms with van der Waals surface area (Å²) in [6.45, 7) is 2.25. The Morgan fingerprint density at radius 2 is 2.42 bits per heavy atom. The fourth-order valence-electron chi connectivity index (χ4n) is 1.64. The van der Waals surface area contributed by atoms with E-state index in [4.69, 9.17) is 5.11 Å². The van der Waals surface area contributed by atoms with Crippen LogP contribution in [0.1, 0.15) is 31.9 Å². The van der Waals surface area contributed by atoms with Crippen LogP contribution in [0.3, 0.4) is 0 Å². The molecule has 0 spiro atoms. The highest BCUT2D eigenvalue weighted by Crippen LogP contribution is 2.46. The van der Waals surface area contributed by atoms with Crippen molar-refractivity contribution in [2.24, 2.45) is 0 Å². The second kappa shape index (κ2) is 2.59. The molecule has 3 heteroatoms. The highest BCUT2D eigenvalue weighted by atomic mass is 16.3. The van der Waals surface area contributed by atoms with E-state index in [2.05, 4.69) is 16.5 Å². The molecule has 3 nitrogen and oxygen atoms in total. The summed E-state index contributed by atoms with van der Waals surface area (Å²) in [5.74, 6) is 0. The maximum absolute atomic E-state index is 8.83. The van der Waals surface area contributed by atoms with Gasteiger partial charge in [-0.3, -0.25) is 0 Å². The quantitative estimate of drug-likeness (QED) is 0.734. The molecule has 2 rings (SSSR count). The summed E-state index contributed by atoms with van der Waals surface area (Å²) >= 11 is 0. The Labute approximate surface area is 72.0 Å². The Balaban J connectivity index is 2.23. The molecule has 0 bridgehead atoms. The molecule has 0 radical (unpaired) electrons. The summed E-state index contributed by atoms with van der Waals surface area (Å²) in [7, 11) is 0. The topological polar surface area (TPSA) is 38.0 Å². The fourth-order valence-corrected chi connectivity index (χ4v) is 1.64. The van der Waals surface area contributed by atoms with E-state index < -0.39 is 0 Å². The van der Waals surface area contributed by atoms with Crippen molar-refractivity contribution in [2.45, 2.75) is 38.3 Å². The van der Waals surface area contributed by atoms with Crippen molar-refractivity contribution in [3.05, 3.63) is 18.2 Å². The first kappa shape index (κ1) is 7.80. The van der Waals surface area contributed by atoms with Gasteiger partial charge in [0.25, 0.3) is 0 Å². The molecular weight excluding hydrogens is 152 g/mol. The van der Waals surface area contributed by atoms with Crippen LogP contribution in [0.2, 0.25) is 0 Å². The van der Waals surface area contributed by atoms with Gasteiger partial charge >= 0.3 is 0 Å². The Bertz CT molecular complexity index is 276. The fraction of sp³-hybridized carbons (Fsp3) is 0.667. The molecule has 66 valence electrons. The summed E-state index contributed by atoms with van der Waals surface area (Å²) in [4.78, 5) is 4.10. The molecule has 0 saturated heterocycles. The molecule has 1 saturated carbocycles. The zero-order chi connectivity index (χ0) is 8.60. The SMILES string of the molecule is CCC1(n2cnc(CO)c2)CC1. The Kier molecular flexibility index (Phi) is 1.68. The van der Waals surface area contributed by atoms with Crippen LogP contribution < -0.4 is 0 Å². The third kappa shape index (κ3) is 1.05. The van der Waals surface area contributed by atoms with E-state index in [9.17, 15) is 0 Å². The summed E-state index contributed by atoms with van der Waals surface area (Å²) in [6, 6.07) is 0. The molecule has 0 amide bonds. The third-order valence-electron chi connectivity index (χ3n) is 2.83. The van der Waals surface area contributed by atoms with Gasteiger partial charge in [-0.2, -0.15) is 0 Å². The van der Waals surface area contributed by atoms with Crippen molar-refractivity contribution in [3.8, 4) is 0 Å². The Hall–Kier alpha value is -0.830. The van der Waals surface area contributed by atoms with Crippen LogP contribution in [0.5, 0.6) is 0 Å². The maximum atomic E-state index is 8.83. The van der Waals surface area contributed by atoms with Crippen LogP contribution in [0.15, 0.2) is 12.5 Å². The smallest absolute Gasteiger partial charge is 0.0955 e. The molecule has 12 heavy (non-hydrogen) atoms. The van der Waals surface area contributed by atoms with Gasteiger partial charge in [-0.25, -0.2) is 4.98 Å². The number of hydrogen-bond donors (Lipinski definition) is 1. The van der Waals surface area contributed by atoms with Crippen molar-refractivity contribution >= 4 is 0 Å². The van der Waals surface area contributed by atoms with E-state index >= 15 is 0 Å². The standard InChI is InChI=1S/C9H14N2O/c1-2-9(3-4-9)11-5-8(6-12)10-7-11/h5,7,12H,2-4,6H2,1H3. The van der Waals surface area contributed by atoms with Crippen LogP contribution in [-0.2, 0) is 12.1 Å². The van der Waals surface area contributed by atoms with E-state index in [0.717, 1.165) is 12.1 Å². The van der Waals surface area contributed by atoms with Crippen molar-refractivity contribution in [1.29, 1.82) is 0 Å². The molecule has 1 aliphatic carbocycles. The van der Waals surface area contributed by atoms with Gasteiger partial charge in [0, 0.05) is 11.7 Å². The minimum Gasteiger partial charge on any atom is -0.390 e. The lowest BCUT2D eigenvalue weighted by molar-refractivity contribution is 0.277. The number of aromatic nitrogens is 2. The van der Waals surface area contributed by atoms with Crippen molar-refractivity contribution in [1.82, 2.24) is 9.55 Å². The lowest BCUT2D eigenvalue weighted by atomic mass is 10.2. The zero-order valence-corrected chi connectivity index (χ0v) is 7.32. The van der Waals surface area contributed by atoms with E-state index in [1.54, 1.807) is 0 Å². The van der Waals surface area contributed by atoms with Crippen molar-refractivity contribution < 1.29 is 5.11 Å². The van der Waals surface area contributed by atoms with Crippen LogP contribution in [0.25, 0.3) is 0 Å². The van der Waals surface area contributed by atoms with Crippen LogP contribution >= 0.6 is 0 Å². The molecule has 0 aliphatic heterocycles. The summed E-state index contributed by atoms with van der Waals surface area (Å²) in [5, 5.41) is 8.83. The molecule has 0 unspecified atom stereocenters. The van der Waals surface area contributed by atoms with Gasteiger partial charge in [0.15, 0.2) is 0 Å². The number of imidazole rings is 1. The first-order valence-electron chi connectivity index (χ1n) is 4.45. The van der Waals surface area contributed by atoms with Gasteiger partial charge in [0.1, 0.15) is 0 Å². The van der Waals surface area contributed by atoms with Gasteiger partial charge in [-0.05, 0) is 19.3 Å². The first-order valence-corrected chi connectivity index (χ1v) is 4.45. The minimum atomic E-state index is 0.0484. The number of hydrogen-bond acceptors (Lipinski definition) is 2. The minimum absolute atomic E-state index is 0.0484. The van der Waals surface area contributed by atoms with Gasteiger partial charge < -0.3 is 9.67 Å². The highest BCUT2D eigenvalue weighted by Gasteiger charge is 2.42. The van der Waals surface area contributed by atoms with Crippen LogP contribution in [-0.4, -0.2) is 14.7 Å². The van der Waals surface area contributed by atoms with Crippen LogP contribution in [0.4, 0.5) is 0 Å². The zero-order valence-electron chi connectivity index (χ0n) is 7.32. The molecule has 1 aliphatic rings. The van der Waals surface area contributed by atoms with E-state index in [1.165, 1.54) is 12.8 Å². The van der Waals surface area contributed by atoms with Gasteiger partial charge in [0.05, 0.1) is 18.6 Å². The lowest BCUT2D eigenvalue weighted by Gasteiger charge is -2.13. The second-order valence-corrected chi connectivity index (χ2v) is 3.51. The Morgan fingerprint density at radius 1 is 1.67 bits per heavy atom. The average molecular weight is 166 g/mol. The predicted molar refractivity (Wildman–Crippen MR) is 45.6 cm³/mol. The number of nitrogens with zero attached hydrogens (tertiary/aromatic N) is 2. The summed E-state index contributed by atoms with van der Waals surface area (Å²) < 4.78 is 2.15. The average Bonchev–Trinajstić information content (AvgIpc) is 2.77. The summed E-state index contributed by atoms with van der Waals surface area (Å²) in [5.41, 5.74) is 1.12. The highest BCUT2D eigenvalue weighted by molar-refractivity contribution is 5.06. The number of rotatable bonds is 3. The van der Waals surface area contributed by atoms with Crippen molar-refractivity contribution in [3.63, 3.8) is 0 Å². The van der Waals surface area contributed by atoms with E-state index in [-0.39, 0.29) is 6.61 Å². The maximum Gasteiger partial charge on any atom is 0.0955 e. The van der Waals surface area contributed by atoms with Crippen molar-refractivity contribution in [2.75, 3.05) is 0 Å². The van der Waals surface area contributed by atoms with Gasteiger partial charge in [0.2, 0.25) is 0 Å². The lowest BCUT2D eigenvalue weighted by Crippen LogP contribution is -2.13. The largest absolute Gasteiger partial charge is 0.390 e. The molecule has 1 heterocycles. The number of aliphatic hydroxyl groups is 1. The molecule has 1 N–H and O–H groups in total. The second-order valence-electron chi connectivity index (χ2n) is 3.51. The molecular formula is C9H14N2O. The van der Waals surface area contributed by atoms with Gasteiger partial charge in [-0.15, -0.1) is 0 Å². The molecule has 0 aromatic carbocycles. The summed E-state index contributed by atoms with van der Waals surface area (Å²) in [6.07, 6.45) is 7.46. The van der Waals surface area contributed by atoms with Gasteiger partial charge in [-0.1, -0.05) is 6.92 Å². The molecule has 0 atom stereocenters. The predicted octanol–water partition coefficient (Wildman–Crippen LogP) is 1.27. The third-order valence-corrected chi connectivity index (χ3v) is 2.83. The normalized spacial score (nSPS) is 19.5. The van der Waals surface area contributed by atoms with Crippen LogP contribution in [0, 0.1) is 0 Å². The molecule has 1 fully saturated rings. The monoisotopic (exact) mass is 166 g/mol. The van der Waals surface area contributed by atoms with E-state index in [0.29, 0.717) is 5.54 Å². The Morgan fingerprint density at radius 3 is 2.83 bits per heavy atom. The molecule has 1 aromatic rings.